The molecule has 5 heteroatoms. The molecule has 20 heavy (non-hydrogen) atoms. The molecule has 3 rings (SSSR count). The van der Waals surface area contributed by atoms with Gasteiger partial charge in [-0.3, -0.25) is 9.48 Å². The van der Waals surface area contributed by atoms with Crippen LogP contribution in [-0.4, -0.2) is 15.6 Å². The third kappa shape index (κ3) is 2.54. The van der Waals surface area contributed by atoms with Crippen molar-refractivity contribution in [1.82, 2.24) is 9.78 Å². The van der Waals surface area contributed by atoms with E-state index in [-0.39, 0.29) is 5.78 Å². The number of fused-ring (bicyclic) bond motifs is 1. The highest BCUT2D eigenvalue weighted by Crippen LogP contribution is 2.27. The lowest BCUT2D eigenvalue weighted by Crippen LogP contribution is -1.99. The van der Waals surface area contributed by atoms with Gasteiger partial charge in [0.2, 0.25) is 0 Å². The fourth-order valence-corrected chi connectivity index (χ4v) is 2.61. The van der Waals surface area contributed by atoms with E-state index in [1.807, 2.05) is 31.4 Å². The molecule has 0 N–H and O–H groups in total. The molecule has 2 aromatic heterocycles. The molecule has 0 atom stereocenters. The summed E-state index contributed by atoms with van der Waals surface area (Å²) in [6.45, 7) is 0. The Morgan fingerprint density at radius 2 is 2.30 bits per heavy atom. The number of halogens is 1. The molecule has 0 saturated heterocycles. The van der Waals surface area contributed by atoms with E-state index in [0.29, 0.717) is 18.6 Å². The first-order valence-corrected chi connectivity index (χ1v) is 7.11. The number of benzene rings is 1. The molecule has 0 radical (unpaired) electrons. The number of ketones is 1. The number of carbonyl (C=O) groups is 1. The molecule has 0 aliphatic carbocycles. The van der Waals surface area contributed by atoms with Gasteiger partial charge >= 0.3 is 0 Å². The van der Waals surface area contributed by atoms with E-state index < -0.39 is 0 Å². The predicted octanol–water partition coefficient (Wildman–Crippen LogP) is 3.74. The zero-order valence-electron chi connectivity index (χ0n) is 11.0. The topological polar surface area (TPSA) is 48.0 Å². The first kappa shape index (κ1) is 13.1. The summed E-state index contributed by atoms with van der Waals surface area (Å²) < 4.78 is 8.23. The van der Waals surface area contributed by atoms with Crippen molar-refractivity contribution in [2.45, 2.75) is 12.8 Å². The molecule has 2 heterocycles. The van der Waals surface area contributed by atoms with Crippen LogP contribution in [0.4, 0.5) is 0 Å². The Kier molecular flexibility index (Phi) is 3.44. The van der Waals surface area contributed by atoms with Crippen LogP contribution < -0.4 is 0 Å². The summed E-state index contributed by atoms with van der Waals surface area (Å²) >= 11 is 3.42. The van der Waals surface area contributed by atoms with E-state index in [4.69, 9.17) is 4.42 Å². The Balaban J connectivity index is 1.77. The predicted molar refractivity (Wildman–Crippen MR) is 79.8 cm³/mol. The van der Waals surface area contributed by atoms with Crippen molar-refractivity contribution in [2.24, 2.45) is 7.05 Å². The lowest BCUT2D eigenvalue weighted by molar-refractivity contribution is 0.0958. The molecule has 3 aromatic rings. The lowest BCUT2D eigenvalue weighted by Gasteiger charge is -1.95. The monoisotopic (exact) mass is 332 g/mol. The second-order valence-electron chi connectivity index (χ2n) is 4.71. The number of para-hydroxylation sites is 1. The molecule has 1 aromatic carbocycles. The Morgan fingerprint density at radius 3 is 3.00 bits per heavy atom. The Bertz CT molecular complexity index is 773. The number of hydrogen-bond acceptors (Lipinski definition) is 3. The fraction of sp³-hybridized carbons (Fsp3) is 0.200. The Labute approximate surface area is 124 Å². The molecular weight excluding hydrogens is 320 g/mol. The number of carbonyl (C=O) groups excluding carboxylic acids is 1. The van der Waals surface area contributed by atoms with Gasteiger partial charge in [-0.2, -0.15) is 5.10 Å². The van der Waals surface area contributed by atoms with Crippen LogP contribution >= 0.6 is 15.9 Å². The van der Waals surface area contributed by atoms with Crippen molar-refractivity contribution in [3.63, 3.8) is 0 Å². The smallest absolute Gasteiger partial charge is 0.198 e. The van der Waals surface area contributed by atoms with Gasteiger partial charge in [0.15, 0.2) is 11.5 Å². The highest BCUT2D eigenvalue weighted by molar-refractivity contribution is 9.10. The van der Waals surface area contributed by atoms with Crippen LogP contribution in [0.2, 0.25) is 0 Å². The maximum absolute atomic E-state index is 12.2. The SMILES string of the molecule is Cn1cc(CCC(=O)c2cc3cccc(Br)c3o2)cn1. The van der Waals surface area contributed by atoms with E-state index in [1.165, 1.54) is 0 Å². The molecule has 4 nitrogen and oxygen atoms in total. The zero-order chi connectivity index (χ0) is 14.1. The summed E-state index contributed by atoms with van der Waals surface area (Å²) in [4.78, 5) is 12.2. The van der Waals surface area contributed by atoms with Crippen LogP contribution in [0.15, 0.2) is 45.5 Å². The minimum atomic E-state index is 0.0111. The molecular formula is C15H13BrN2O2. The Morgan fingerprint density at radius 1 is 1.45 bits per heavy atom. The number of rotatable bonds is 4. The summed E-state index contributed by atoms with van der Waals surface area (Å²) in [7, 11) is 1.86. The van der Waals surface area contributed by atoms with Gasteiger partial charge in [-0.15, -0.1) is 0 Å². The second kappa shape index (κ2) is 5.25. The summed E-state index contributed by atoms with van der Waals surface area (Å²) in [6, 6.07) is 7.55. The van der Waals surface area contributed by atoms with Gasteiger partial charge in [0.25, 0.3) is 0 Å². The summed E-state index contributed by atoms with van der Waals surface area (Å²) in [5.74, 6) is 0.424. The van der Waals surface area contributed by atoms with E-state index in [9.17, 15) is 4.79 Å². The number of aryl methyl sites for hydroxylation is 2. The Hall–Kier alpha value is -1.88. The lowest BCUT2D eigenvalue weighted by atomic mass is 10.1. The van der Waals surface area contributed by atoms with Gasteiger partial charge in [-0.25, -0.2) is 0 Å². The van der Waals surface area contributed by atoms with Crippen molar-refractivity contribution in [2.75, 3.05) is 0 Å². The number of nitrogens with zero attached hydrogens (tertiary/aromatic N) is 2. The van der Waals surface area contributed by atoms with Crippen molar-refractivity contribution >= 4 is 32.7 Å². The van der Waals surface area contributed by atoms with E-state index in [0.717, 1.165) is 21.0 Å². The average molecular weight is 333 g/mol. The van der Waals surface area contributed by atoms with Crippen molar-refractivity contribution < 1.29 is 9.21 Å². The normalized spacial score (nSPS) is 11.1. The largest absolute Gasteiger partial charge is 0.452 e. The zero-order valence-corrected chi connectivity index (χ0v) is 12.6. The van der Waals surface area contributed by atoms with E-state index in [2.05, 4.69) is 21.0 Å². The van der Waals surface area contributed by atoms with Crippen LogP contribution in [0.1, 0.15) is 22.5 Å². The fourth-order valence-electron chi connectivity index (χ4n) is 2.15. The molecule has 0 spiro atoms. The number of furan rings is 1. The number of hydrogen-bond donors (Lipinski definition) is 0. The number of aromatic nitrogens is 2. The summed E-state index contributed by atoms with van der Waals surface area (Å²) in [5.41, 5.74) is 1.77. The molecule has 0 saturated carbocycles. The molecule has 0 fully saturated rings. The molecule has 102 valence electrons. The third-order valence-corrected chi connectivity index (χ3v) is 3.79. The molecule has 0 amide bonds. The highest BCUT2D eigenvalue weighted by atomic mass is 79.9. The van der Waals surface area contributed by atoms with Crippen LogP contribution in [0, 0.1) is 0 Å². The molecule has 0 bridgehead atoms. The first-order valence-electron chi connectivity index (χ1n) is 6.32. The van der Waals surface area contributed by atoms with Gasteiger partial charge in [-0.05, 0) is 40.0 Å². The standard InChI is InChI=1S/C15H13BrN2O2/c1-18-9-10(8-17-18)5-6-13(19)14-7-11-3-2-4-12(16)15(11)20-14/h2-4,7-9H,5-6H2,1H3. The maximum atomic E-state index is 12.2. The second-order valence-corrected chi connectivity index (χ2v) is 5.57. The molecule has 0 aliphatic rings. The maximum Gasteiger partial charge on any atom is 0.198 e. The van der Waals surface area contributed by atoms with Gasteiger partial charge in [0.05, 0.1) is 10.7 Å². The van der Waals surface area contributed by atoms with Crippen molar-refractivity contribution in [3.8, 4) is 0 Å². The van der Waals surface area contributed by atoms with Crippen LogP contribution in [0.5, 0.6) is 0 Å². The van der Waals surface area contributed by atoms with E-state index >= 15 is 0 Å². The van der Waals surface area contributed by atoms with Gasteiger partial charge < -0.3 is 4.42 Å². The van der Waals surface area contributed by atoms with Gasteiger partial charge in [-0.1, -0.05) is 12.1 Å². The highest BCUT2D eigenvalue weighted by Gasteiger charge is 2.14. The van der Waals surface area contributed by atoms with Crippen LogP contribution in [0.3, 0.4) is 0 Å². The van der Waals surface area contributed by atoms with Crippen molar-refractivity contribution in [3.05, 3.63) is 52.5 Å². The first-order chi connectivity index (χ1) is 9.63. The summed E-state index contributed by atoms with van der Waals surface area (Å²) in [5, 5.41) is 5.02. The summed E-state index contributed by atoms with van der Waals surface area (Å²) in [6.07, 6.45) is 4.79. The van der Waals surface area contributed by atoms with Gasteiger partial charge in [0, 0.05) is 25.1 Å². The number of Topliss-reactive ketones (excluding diaryl/α,β-unsaturated/α-hetero) is 1. The van der Waals surface area contributed by atoms with E-state index in [1.54, 1.807) is 16.9 Å². The average Bonchev–Trinajstić information content (AvgIpc) is 3.03. The third-order valence-electron chi connectivity index (χ3n) is 3.17. The molecule has 0 aliphatic heterocycles. The van der Waals surface area contributed by atoms with Crippen LogP contribution in [0.25, 0.3) is 11.0 Å². The molecule has 0 unspecified atom stereocenters. The minimum Gasteiger partial charge on any atom is -0.452 e. The quantitative estimate of drug-likeness (QED) is 0.683. The minimum absolute atomic E-state index is 0.0111. The van der Waals surface area contributed by atoms with Crippen molar-refractivity contribution in [1.29, 1.82) is 0 Å². The van der Waals surface area contributed by atoms with Crippen LogP contribution in [-0.2, 0) is 13.5 Å². The van der Waals surface area contributed by atoms with Gasteiger partial charge in [0.1, 0.15) is 5.58 Å².